The molecule has 1 aromatic heterocycles. The number of carbonyl (C=O) groups is 1. The summed E-state index contributed by atoms with van der Waals surface area (Å²) in [6.07, 6.45) is -0.758. The quantitative estimate of drug-likeness (QED) is 0.647. The van der Waals surface area contributed by atoms with Crippen LogP contribution in [0.2, 0.25) is 0 Å². The van der Waals surface area contributed by atoms with E-state index < -0.39 is 12.1 Å². The minimum atomic E-state index is -0.758. The van der Waals surface area contributed by atoms with E-state index in [0.717, 1.165) is 11.1 Å². The molecule has 0 bridgehead atoms. The largest absolute Gasteiger partial charge is 0.479 e. The average Bonchev–Trinajstić information content (AvgIpc) is 2.63. The number of fused-ring (bicyclic) bond motifs is 1. The number of rotatable bonds is 5. The van der Waals surface area contributed by atoms with Gasteiger partial charge in [-0.25, -0.2) is 4.79 Å². The van der Waals surface area contributed by atoms with Crippen molar-refractivity contribution in [3.63, 3.8) is 0 Å². The van der Waals surface area contributed by atoms with Crippen LogP contribution in [0, 0.1) is 6.92 Å². The summed E-state index contributed by atoms with van der Waals surface area (Å²) >= 11 is 0. The lowest BCUT2D eigenvalue weighted by Crippen LogP contribution is -2.26. The van der Waals surface area contributed by atoms with E-state index in [1.165, 1.54) is 6.07 Å². The van der Waals surface area contributed by atoms with Gasteiger partial charge in [-0.15, -0.1) is 0 Å². The van der Waals surface area contributed by atoms with E-state index in [1.54, 1.807) is 32.0 Å². The van der Waals surface area contributed by atoms with Crippen LogP contribution >= 0.6 is 0 Å². The molecule has 0 saturated carbocycles. The van der Waals surface area contributed by atoms with Crippen molar-refractivity contribution < 1.29 is 18.7 Å². The normalized spacial score (nSPS) is 12.0. The molecule has 5 nitrogen and oxygen atoms in total. The van der Waals surface area contributed by atoms with Crippen LogP contribution in [0.1, 0.15) is 19.4 Å². The Morgan fingerprint density at radius 1 is 1.12 bits per heavy atom. The van der Waals surface area contributed by atoms with Gasteiger partial charge in [0, 0.05) is 11.6 Å². The van der Waals surface area contributed by atoms with E-state index in [9.17, 15) is 9.59 Å². The molecule has 0 unspecified atom stereocenters. The monoisotopic (exact) mass is 352 g/mol. The first-order chi connectivity index (χ1) is 12.5. The van der Waals surface area contributed by atoms with Crippen molar-refractivity contribution in [2.75, 3.05) is 6.61 Å². The number of ether oxygens (including phenoxy) is 2. The number of esters is 1. The Labute approximate surface area is 151 Å². The molecule has 0 amide bonds. The summed E-state index contributed by atoms with van der Waals surface area (Å²) in [6, 6.07) is 14.1. The fourth-order valence-corrected chi connectivity index (χ4v) is 2.58. The van der Waals surface area contributed by atoms with Gasteiger partial charge in [0.15, 0.2) is 11.5 Å². The van der Waals surface area contributed by atoms with Crippen LogP contribution in [-0.2, 0) is 9.53 Å². The molecule has 134 valence electrons. The van der Waals surface area contributed by atoms with Gasteiger partial charge in [0.25, 0.3) is 0 Å². The lowest BCUT2D eigenvalue weighted by molar-refractivity contribution is -0.150. The van der Waals surface area contributed by atoms with Crippen LogP contribution in [0.4, 0.5) is 0 Å². The van der Waals surface area contributed by atoms with Crippen molar-refractivity contribution in [2.24, 2.45) is 0 Å². The highest BCUT2D eigenvalue weighted by Crippen LogP contribution is 2.25. The lowest BCUT2D eigenvalue weighted by Gasteiger charge is -2.13. The van der Waals surface area contributed by atoms with Gasteiger partial charge < -0.3 is 13.9 Å². The maximum atomic E-state index is 12.5. The summed E-state index contributed by atoms with van der Waals surface area (Å²) in [4.78, 5) is 24.2. The third-order valence-electron chi connectivity index (χ3n) is 3.97. The molecule has 3 rings (SSSR count). The topological polar surface area (TPSA) is 65.7 Å². The van der Waals surface area contributed by atoms with Gasteiger partial charge >= 0.3 is 5.97 Å². The van der Waals surface area contributed by atoms with Gasteiger partial charge in [0.2, 0.25) is 0 Å². The minimum Gasteiger partial charge on any atom is -0.479 e. The van der Waals surface area contributed by atoms with Gasteiger partial charge in [0.1, 0.15) is 17.1 Å². The molecule has 0 fully saturated rings. The summed E-state index contributed by atoms with van der Waals surface area (Å²) in [6.45, 7) is 5.62. The van der Waals surface area contributed by atoms with Crippen molar-refractivity contribution in [3.8, 4) is 17.1 Å². The second-order valence-electron chi connectivity index (χ2n) is 6.01. The number of hydrogen-bond acceptors (Lipinski definition) is 5. The summed E-state index contributed by atoms with van der Waals surface area (Å²) in [5, 5.41) is 0.398. The van der Waals surface area contributed by atoms with Gasteiger partial charge in [-0.2, -0.15) is 0 Å². The molecule has 2 aromatic carbocycles. The first kappa shape index (κ1) is 17.7. The maximum Gasteiger partial charge on any atom is 0.347 e. The van der Waals surface area contributed by atoms with Gasteiger partial charge in [-0.1, -0.05) is 29.8 Å². The molecular formula is C21H20O5. The van der Waals surface area contributed by atoms with Crippen LogP contribution in [0.5, 0.6) is 5.75 Å². The number of hydrogen-bond donors (Lipinski definition) is 0. The Hall–Kier alpha value is -3.08. The van der Waals surface area contributed by atoms with Crippen LogP contribution in [-0.4, -0.2) is 18.7 Å². The standard InChI is InChI=1S/C21H20O5/c1-4-24-21(23)14(3)25-16-9-10-19-17(11-16)18(22)12-20(26-19)15-7-5-13(2)6-8-15/h5-12,14H,4H2,1-3H3/t14-/m0/s1. The molecule has 0 aliphatic rings. The van der Waals surface area contributed by atoms with E-state index in [-0.39, 0.29) is 12.0 Å². The van der Waals surface area contributed by atoms with Gasteiger partial charge in [0.05, 0.1) is 12.0 Å². The van der Waals surface area contributed by atoms with Crippen molar-refractivity contribution in [3.05, 3.63) is 64.3 Å². The SMILES string of the molecule is CCOC(=O)[C@H](C)Oc1ccc2oc(-c3ccc(C)cc3)cc(=O)c2c1. The fourth-order valence-electron chi connectivity index (χ4n) is 2.58. The highest BCUT2D eigenvalue weighted by molar-refractivity contribution is 5.80. The first-order valence-corrected chi connectivity index (χ1v) is 8.46. The van der Waals surface area contributed by atoms with Gasteiger partial charge in [-0.3, -0.25) is 4.79 Å². The van der Waals surface area contributed by atoms with E-state index in [0.29, 0.717) is 22.5 Å². The third kappa shape index (κ3) is 3.77. The van der Waals surface area contributed by atoms with Crippen molar-refractivity contribution >= 4 is 16.9 Å². The van der Waals surface area contributed by atoms with Crippen LogP contribution < -0.4 is 10.2 Å². The zero-order valence-electron chi connectivity index (χ0n) is 14.9. The molecule has 0 aliphatic heterocycles. The Kier molecular flexibility index (Phi) is 5.07. The molecule has 1 atom stereocenters. The summed E-state index contributed by atoms with van der Waals surface area (Å²) in [5.41, 5.74) is 2.26. The summed E-state index contributed by atoms with van der Waals surface area (Å²) in [7, 11) is 0. The van der Waals surface area contributed by atoms with E-state index in [2.05, 4.69) is 0 Å². The zero-order valence-corrected chi connectivity index (χ0v) is 14.9. The maximum absolute atomic E-state index is 12.5. The third-order valence-corrected chi connectivity index (χ3v) is 3.97. The Bertz CT molecular complexity index is 985. The van der Waals surface area contributed by atoms with Crippen LogP contribution in [0.3, 0.4) is 0 Å². The number of aryl methyl sites for hydroxylation is 1. The van der Waals surface area contributed by atoms with E-state index >= 15 is 0 Å². The highest BCUT2D eigenvalue weighted by atomic mass is 16.6. The van der Waals surface area contributed by atoms with Crippen molar-refractivity contribution in [1.29, 1.82) is 0 Å². The highest BCUT2D eigenvalue weighted by Gasteiger charge is 2.16. The second kappa shape index (κ2) is 7.44. The van der Waals surface area contributed by atoms with Gasteiger partial charge in [-0.05, 0) is 39.0 Å². The molecule has 3 aromatic rings. The molecule has 0 saturated heterocycles. The predicted octanol–water partition coefficient (Wildman–Crippen LogP) is 4.10. The molecular weight excluding hydrogens is 332 g/mol. The van der Waals surface area contributed by atoms with E-state index in [1.807, 2.05) is 31.2 Å². The molecule has 0 N–H and O–H groups in total. The molecule has 0 radical (unpaired) electrons. The average molecular weight is 352 g/mol. The van der Waals surface area contributed by atoms with E-state index in [4.69, 9.17) is 13.9 Å². The molecule has 0 aliphatic carbocycles. The number of carbonyl (C=O) groups excluding carboxylic acids is 1. The fraction of sp³-hybridized carbons (Fsp3) is 0.238. The lowest BCUT2D eigenvalue weighted by atomic mass is 10.1. The molecule has 26 heavy (non-hydrogen) atoms. The Morgan fingerprint density at radius 2 is 1.85 bits per heavy atom. The first-order valence-electron chi connectivity index (χ1n) is 8.46. The second-order valence-corrected chi connectivity index (χ2v) is 6.01. The minimum absolute atomic E-state index is 0.170. The molecule has 1 heterocycles. The smallest absolute Gasteiger partial charge is 0.347 e. The molecule has 5 heteroatoms. The zero-order chi connectivity index (χ0) is 18.7. The molecule has 0 spiro atoms. The predicted molar refractivity (Wildman–Crippen MR) is 99.4 cm³/mol. The van der Waals surface area contributed by atoms with Crippen molar-refractivity contribution in [2.45, 2.75) is 26.9 Å². The number of benzene rings is 2. The Morgan fingerprint density at radius 3 is 2.54 bits per heavy atom. The Balaban J connectivity index is 1.92. The summed E-state index contributed by atoms with van der Waals surface area (Å²) < 4.78 is 16.3. The van der Waals surface area contributed by atoms with Crippen LogP contribution in [0.25, 0.3) is 22.3 Å². The van der Waals surface area contributed by atoms with Crippen LogP contribution in [0.15, 0.2) is 57.7 Å². The van der Waals surface area contributed by atoms with Crippen molar-refractivity contribution in [1.82, 2.24) is 0 Å². The summed E-state index contributed by atoms with van der Waals surface area (Å²) in [5.74, 6) is 0.471.